The first-order valence-corrected chi connectivity index (χ1v) is 11.4. The Labute approximate surface area is 183 Å². The summed E-state index contributed by atoms with van der Waals surface area (Å²) in [7, 11) is -0.620. The highest BCUT2D eigenvalue weighted by atomic mass is 32.2. The van der Waals surface area contributed by atoms with Gasteiger partial charge in [-0.25, -0.2) is 12.7 Å². The van der Waals surface area contributed by atoms with Crippen molar-refractivity contribution in [3.63, 3.8) is 0 Å². The van der Waals surface area contributed by atoms with E-state index in [9.17, 15) is 13.2 Å². The highest BCUT2D eigenvalue weighted by Gasteiger charge is 2.21. The first kappa shape index (κ1) is 22.7. The summed E-state index contributed by atoms with van der Waals surface area (Å²) >= 11 is 0. The van der Waals surface area contributed by atoms with Crippen LogP contribution in [-0.2, 0) is 34.5 Å². The van der Waals surface area contributed by atoms with E-state index in [-0.39, 0.29) is 23.9 Å². The van der Waals surface area contributed by atoms with Crippen LogP contribution >= 0.6 is 0 Å². The third kappa shape index (κ3) is 6.27. The van der Waals surface area contributed by atoms with Crippen molar-refractivity contribution < 1.29 is 17.6 Å². The molecule has 2 aromatic carbocycles. The molecule has 0 saturated heterocycles. The molecule has 0 atom stereocenters. The van der Waals surface area contributed by atoms with Gasteiger partial charge >= 0.3 is 0 Å². The number of carbonyl (C=O) groups excluding carboxylic acids is 1. The van der Waals surface area contributed by atoms with E-state index < -0.39 is 10.0 Å². The van der Waals surface area contributed by atoms with Crippen LogP contribution in [0.3, 0.4) is 0 Å². The fourth-order valence-corrected chi connectivity index (χ4v) is 4.30. The van der Waals surface area contributed by atoms with Gasteiger partial charge in [0.25, 0.3) is 0 Å². The number of nitrogens with one attached hydrogen (secondary N) is 1. The van der Waals surface area contributed by atoms with Crippen LogP contribution in [0.1, 0.15) is 16.9 Å². The first-order chi connectivity index (χ1) is 14.9. The molecule has 0 radical (unpaired) electrons. The monoisotopic (exact) mass is 441 g/mol. The van der Waals surface area contributed by atoms with Gasteiger partial charge in [0.2, 0.25) is 15.9 Å². The van der Waals surface area contributed by atoms with Crippen molar-refractivity contribution in [3.8, 4) is 0 Å². The van der Waals surface area contributed by atoms with Gasteiger partial charge in [0.1, 0.15) is 5.76 Å². The number of sulfonamides is 1. The molecule has 3 rings (SSSR count). The lowest BCUT2D eigenvalue weighted by Crippen LogP contribution is -2.36. The van der Waals surface area contributed by atoms with Crippen LogP contribution in [0.4, 0.5) is 0 Å². The minimum atomic E-state index is -3.59. The summed E-state index contributed by atoms with van der Waals surface area (Å²) in [6.07, 6.45) is 1.61. The second-order valence-electron chi connectivity index (χ2n) is 7.38. The smallest absolute Gasteiger partial charge is 0.242 e. The van der Waals surface area contributed by atoms with Gasteiger partial charge in [0.05, 0.1) is 24.2 Å². The van der Waals surface area contributed by atoms with Crippen LogP contribution < -0.4 is 5.32 Å². The van der Waals surface area contributed by atoms with Gasteiger partial charge in [-0.2, -0.15) is 0 Å². The summed E-state index contributed by atoms with van der Waals surface area (Å²) < 4.78 is 31.7. The lowest BCUT2D eigenvalue weighted by atomic mass is 10.2. The number of rotatable bonds is 10. The van der Waals surface area contributed by atoms with Crippen LogP contribution in [0.5, 0.6) is 0 Å². The molecule has 3 aromatic rings. The molecule has 0 fully saturated rings. The quantitative estimate of drug-likeness (QED) is 0.523. The number of nitrogens with zero attached hydrogens (tertiary/aromatic N) is 2. The first-order valence-electron chi connectivity index (χ1n) is 9.92. The molecule has 1 heterocycles. The van der Waals surface area contributed by atoms with E-state index in [1.54, 1.807) is 30.5 Å². The largest absolute Gasteiger partial charge is 0.468 e. The number of hydrogen-bond donors (Lipinski definition) is 1. The highest BCUT2D eigenvalue weighted by Crippen LogP contribution is 2.18. The fourth-order valence-electron chi connectivity index (χ4n) is 3.18. The summed E-state index contributed by atoms with van der Waals surface area (Å²) in [4.78, 5) is 14.9. The molecule has 1 amide bonds. The summed E-state index contributed by atoms with van der Waals surface area (Å²) in [5.41, 5.74) is 1.63. The molecule has 7 nitrogen and oxygen atoms in total. The zero-order valence-corrected chi connectivity index (χ0v) is 18.5. The van der Waals surface area contributed by atoms with Crippen LogP contribution in [0.15, 0.2) is 82.3 Å². The molecular weight excluding hydrogens is 414 g/mol. The number of amides is 1. The van der Waals surface area contributed by atoms with Gasteiger partial charge in [-0.15, -0.1) is 0 Å². The van der Waals surface area contributed by atoms with Gasteiger partial charge in [-0.1, -0.05) is 48.5 Å². The third-order valence-corrected chi connectivity index (χ3v) is 6.70. The Bertz CT molecular complexity index is 1080. The fraction of sp³-hybridized carbons (Fsp3) is 0.261. The summed E-state index contributed by atoms with van der Waals surface area (Å²) in [5, 5.41) is 2.85. The molecule has 0 saturated carbocycles. The van der Waals surface area contributed by atoms with Crippen molar-refractivity contribution in [2.75, 3.05) is 20.6 Å². The zero-order valence-electron chi connectivity index (χ0n) is 17.7. The molecule has 164 valence electrons. The second-order valence-corrected chi connectivity index (χ2v) is 9.50. The van der Waals surface area contributed by atoms with Crippen molar-refractivity contribution in [1.29, 1.82) is 0 Å². The second kappa shape index (κ2) is 10.4. The summed E-state index contributed by atoms with van der Waals surface area (Å²) in [6, 6.07) is 20.3. The molecule has 1 N–H and O–H groups in total. The molecule has 0 unspecified atom stereocenters. The van der Waals surface area contributed by atoms with Crippen molar-refractivity contribution in [2.24, 2.45) is 0 Å². The maximum Gasteiger partial charge on any atom is 0.242 e. The number of hydrogen-bond acceptors (Lipinski definition) is 5. The van der Waals surface area contributed by atoms with Crippen LogP contribution in [-0.4, -0.2) is 44.2 Å². The van der Waals surface area contributed by atoms with Crippen molar-refractivity contribution in [2.45, 2.75) is 24.5 Å². The average Bonchev–Trinajstić information content (AvgIpc) is 3.26. The molecule has 0 aliphatic carbocycles. The Kier molecular flexibility index (Phi) is 7.62. The number of benzene rings is 2. The zero-order chi connectivity index (χ0) is 22.3. The number of carbonyl (C=O) groups is 1. The Morgan fingerprint density at radius 2 is 1.65 bits per heavy atom. The number of furan rings is 1. The predicted octanol–water partition coefficient (Wildman–Crippen LogP) is 2.85. The maximum atomic E-state index is 12.7. The lowest BCUT2D eigenvalue weighted by Gasteiger charge is -2.21. The van der Waals surface area contributed by atoms with Gasteiger partial charge in [-0.3, -0.25) is 9.69 Å². The van der Waals surface area contributed by atoms with E-state index >= 15 is 0 Å². The average molecular weight is 442 g/mol. The molecule has 31 heavy (non-hydrogen) atoms. The van der Waals surface area contributed by atoms with Gasteiger partial charge < -0.3 is 9.73 Å². The van der Waals surface area contributed by atoms with Crippen LogP contribution in [0.2, 0.25) is 0 Å². The van der Waals surface area contributed by atoms with Gasteiger partial charge in [-0.05, 0) is 29.3 Å². The predicted molar refractivity (Wildman–Crippen MR) is 118 cm³/mol. The molecule has 1 aromatic heterocycles. The molecule has 8 heteroatoms. The molecule has 0 aliphatic rings. The minimum Gasteiger partial charge on any atom is -0.468 e. The molecular formula is C23H27N3O4S. The summed E-state index contributed by atoms with van der Waals surface area (Å²) in [6.45, 7) is 1.35. The van der Waals surface area contributed by atoms with E-state index in [4.69, 9.17) is 4.42 Å². The van der Waals surface area contributed by atoms with Gasteiger partial charge in [0.15, 0.2) is 0 Å². The lowest BCUT2D eigenvalue weighted by molar-refractivity contribution is -0.122. The van der Waals surface area contributed by atoms with E-state index in [0.29, 0.717) is 18.7 Å². The molecule has 0 aliphatic heterocycles. The Morgan fingerprint density at radius 3 is 2.32 bits per heavy atom. The van der Waals surface area contributed by atoms with E-state index in [1.807, 2.05) is 47.4 Å². The third-order valence-electron chi connectivity index (χ3n) is 4.78. The molecule has 0 bridgehead atoms. The Balaban J connectivity index is 1.67. The maximum absolute atomic E-state index is 12.7. The van der Waals surface area contributed by atoms with E-state index in [0.717, 1.165) is 11.3 Å². The standard InChI is InChI=1S/C23H27N3O4S/c1-25(2)31(28,29)22-13-7-6-11-20(22)15-24-23(27)18-26(17-21-12-8-14-30-21)16-19-9-4-3-5-10-19/h3-14H,15-18H2,1-2H3,(H,24,27). The summed E-state index contributed by atoms with van der Waals surface area (Å²) in [5.74, 6) is 0.575. The highest BCUT2D eigenvalue weighted by molar-refractivity contribution is 7.89. The van der Waals surface area contributed by atoms with Crippen molar-refractivity contribution in [1.82, 2.24) is 14.5 Å². The Morgan fingerprint density at radius 1 is 0.935 bits per heavy atom. The van der Waals surface area contributed by atoms with Crippen LogP contribution in [0, 0.1) is 0 Å². The topological polar surface area (TPSA) is 82.9 Å². The van der Waals surface area contributed by atoms with E-state index in [2.05, 4.69) is 5.32 Å². The van der Waals surface area contributed by atoms with Crippen molar-refractivity contribution in [3.05, 3.63) is 89.9 Å². The normalized spacial score (nSPS) is 11.7. The Hall–Kier alpha value is -2.94. The van der Waals surface area contributed by atoms with Crippen molar-refractivity contribution >= 4 is 15.9 Å². The SMILES string of the molecule is CN(C)S(=O)(=O)c1ccccc1CNC(=O)CN(Cc1ccccc1)Cc1ccco1. The van der Waals surface area contributed by atoms with Gasteiger partial charge in [0, 0.05) is 27.2 Å². The van der Waals surface area contributed by atoms with Crippen LogP contribution in [0.25, 0.3) is 0 Å². The molecule has 0 spiro atoms. The minimum absolute atomic E-state index is 0.127. The van der Waals surface area contributed by atoms with E-state index in [1.165, 1.54) is 18.4 Å².